The summed E-state index contributed by atoms with van der Waals surface area (Å²) in [6, 6.07) is 7.45. The van der Waals surface area contributed by atoms with Gasteiger partial charge in [-0.05, 0) is 24.3 Å². The van der Waals surface area contributed by atoms with E-state index in [4.69, 9.17) is 15.2 Å². The van der Waals surface area contributed by atoms with Gasteiger partial charge in [-0.2, -0.15) is 9.50 Å². The SMILES string of the molecule is COc1ccc(-c2ccnc3nc(N)nn23)cc1OC. The van der Waals surface area contributed by atoms with Crippen molar-refractivity contribution in [2.75, 3.05) is 20.0 Å². The third-order valence-electron chi connectivity index (χ3n) is 2.94. The van der Waals surface area contributed by atoms with Crippen LogP contribution in [0.4, 0.5) is 5.95 Å². The van der Waals surface area contributed by atoms with Crippen LogP contribution in [0.5, 0.6) is 11.5 Å². The Labute approximate surface area is 115 Å². The molecule has 7 nitrogen and oxygen atoms in total. The summed E-state index contributed by atoms with van der Waals surface area (Å²) in [7, 11) is 3.19. The van der Waals surface area contributed by atoms with Crippen LogP contribution in [-0.4, -0.2) is 33.8 Å². The molecule has 0 aliphatic carbocycles. The predicted octanol–water partition coefficient (Wildman–Crippen LogP) is 1.39. The van der Waals surface area contributed by atoms with Crippen molar-refractivity contribution in [2.24, 2.45) is 0 Å². The van der Waals surface area contributed by atoms with Gasteiger partial charge in [-0.15, -0.1) is 5.10 Å². The molecule has 2 heterocycles. The predicted molar refractivity (Wildman–Crippen MR) is 73.7 cm³/mol. The average molecular weight is 271 g/mol. The van der Waals surface area contributed by atoms with Crippen LogP contribution in [0.25, 0.3) is 17.0 Å². The number of hydrogen-bond acceptors (Lipinski definition) is 6. The molecule has 0 bridgehead atoms. The van der Waals surface area contributed by atoms with E-state index in [9.17, 15) is 0 Å². The van der Waals surface area contributed by atoms with Crippen LogP contribution in [0.3, 0.4) is 0 Å². The van der Waals surface area contributed by atoms with E-state index in [1.54, 1.807) is 24.9 Å². The first-order chi connectivity index (χ1) is 9.72. The minimum atomic E-state index is 0.186. The van der Waals surface area contributed by atoms with Gasteiger partial charge in [0.1, 0.15) is 0 Å². The van der Waals surface area contributed by atoms with Gasteiger partial charge in [0, 0.05) is 11.8 Å². The Balaban J connectivity index is 2.20. The van der Waals surface area contributed by atoms with Crippen LogP contribution in [-0.2, 0) is 0 Å². The van der Waals surface area contributed by atoms with Gasteiger partial charge in [-0.25, -0.2) is 4.98 Å². The number of fused-ring (bicyclic) bond motifs is 1. The number of nitrogen functional groups attached to an aromatic ring is 1. The monoisotopic (exact) mass is 271 g/mol. The van der Waals surface area contributed by atoms with E-state index >= 15 is 0 Å². The summed E-state index contributed by atoms with van der Waals surface area (Å²) >= 11 is 0. The van der Waals surface area contributed by atoms with Crippen molar-refractivity contribution in [2.45, 2.75) is 0 Å². The molecule has 1 aromatic carbocycles. The van der Waals surface area contributed by atoms with E-state index in [-0.39, 0.29) is 5.95 Å². The van der Waals surface area contributed by atoms with Gasteiger partial charge in [-0.3, -0.25) is 0 Å². The minimum absolute atomic E-state index is 0.186. The Morgan fingerprint density at radius 3 is 2.65 bits per heavy atom. The second-order valence-electron chi connectivity index (χ2n) is 4.08. The summed E-state index contributed by atoms with van der Waals surface area (Å²) in [4.78, 5) is 8.16. The normalized spacial score (nSPS) is 10.7. The number of ether oxygens (including phenoxy) is 2. The molecule has 2 aromatic heterocycles. The van der Waals surface area contributed by atoms with E-state index in [0.29, 0.717) is 17.3 Å². The number of anilines is 1. The molecule has 3 rings (SSSR count). The number of rotatable bonds is 3. The lowest BCUT2D eigenvalue weighted by atomic mass is 10.1. The lowest BCUT2D eigenvalue weighted by Gasteiger charge is -2.10. The zero-order valence-corrected chi connectivity index (χ0v) is 11.1. The molecule has 0 fully saturated rings. The van der Waals surface area contributed by atoms with Crippen molar-refractivity contribution in [1.82, 2.24) is 19.6 Å². The Kier molecular flexibility index (Phi) is 2.86. The number of benzene rings is 1. The molecule has 0 unspecified atom stereocenters. The summed E-state index contributed by atoms with van der Waals surface area (Å²) in [5.41, 5.74) is 7.33. The van der Waals surface area contributed by atoms with Gasteiger partial charge < -0.3 is 15.2 Å². The maximum atomic E-state index is 5.61. The summed E-state index contributed by atoms with van der Waals surface area (Å²) in [5.74, 6) is 1.95. The van der Waals surface area contributed by atoms with E-state index < -0.39 is 0 Å². The van der Waals surface area contributed by atoms with Gasteiger partial charge >= 0.3 is 0 Å². The van der Waals surface area contributed by atoms with Crippen LogP contribution in [0.2, 0.25) is 0 Å². The molecule has 20 heavy (non-hydrogen) atoms. The van der Waals surface area contributed by atoms with Crippen molar-refractivity contribution in [1.29, 1.82) is 0 Å². The number of methoxy groups -OCH3 is 2. The summed E-state index contributed by atoms with van der Waals surface area (Å²) < 4.78 is 12.1. The van der Waals surface area contributed by atoms with E-state index in [1.807, 2.05) is 24.3 Å². The summed E-state index contributed by atoms with van der Waals surface area (Å²) in [6.07, 6.45) is 1.66. The van der Waals surface area contributed by atoms with Crippen molar-refractivity contribution in [3.63, 3.8) is 0 Å². The highest BCUT2D eigenvalue weighted by Gasteiger charge is 2.11. The van der Waals surface area contributed by atoms with Gasteiger partial charge in [0.2, 0.25) is 5.95 Å². The first-order valence-corrected chi connectivity index (χ1v) is 5.92. The van der Waals surface area contributed by atoms with Crippen LogP contribution in [0.15, 0.2) is 30.5 Å². The molecule has 102 valence electrons. The van der Waals surface area contributed by atoms with Crippen molar-refractivity contribution in [3.8, 4) is 22.8 Å². The van der Waals surface area contributed by atoms with E-state index in [0.717, 1.165) is 11.3 Å². The van der Waals surface area contributed by atoms with Crippen LogP contribution in [0, 0.1) is 0 Å². The maximum absolute atomic E-state index is 5.61. The zero-order valence-electron chi connectivity index (χ0n) is 11.1. The van der Waals surface area contributed by atoms with Crippen molar-refractivity contribution < 1.29 is 9.47 Å². The quantitative estimate of drug-likeness (QED) is 0.774. The molecule has 0 saturated heterocycles. The molecule has 0 saturated carbocycles. The van der Waals surface area contributed by atoms with E-state index in [1.165, 1.54) is 0 Å². The van der Waals surface area contributed by atoms with Crippen LogP contribution in [0.1, 0.15) is 0 Å². The molecule has 0 amide bonds. The van der Waals surface area contributed by atoms with Crippen molar-refractivity contribution >= 4 is 11.7 Å². The fraction of sp³-hybridized carbons (Fsp3) is 0.154. The smallest absolute Gasteiger partial charge is 0.254 e. The van der Waals surface area contributed by atoms with Gasteiger partial charge in [0.15, 0.2) is 11.5 Å². The molecular formula is C13H13N5O2. The summed E-state index contributed by atoms with van der Waals surface area (Å²) in [6.45, 7) is 0. The molecule has 3 aromatic rings. The van der Waals surface area contributed by atoms with Crippen LogP contribution < -0.4 is 15.2 Å². The lowest BCUT2D eigenvalue weighted by Crippen LogP contribution is -1.97. The number of nitrogens with zero attached hydrogens (tertiary/aromatic N) is 4. The lowest BCUT2D eigenvalue weighted by molar-refractivity contribution is 0.355. The first kappa shape index (κ1) is 12.2. The Bertz CT molecular complexity index is 769. The van der Waals surface area contributed by atoms with Crippen molar-refractivity contribution in [3.05, 3.63) is 30.5 Å². The van der Waals surface area contributed by atoms with Gasteiger partial charge in [0.05, 0.1) is 19.9 Å². The third kappa shape index (κ3) is 1.89. The maximum Gasteiger partial charge on any atom is 0.254 e. The van der Waals surface area contributed by atoms with Gasteiger partial charge in [0.25, 0.3) is 5.78 Å². The molecule has 7 heteroatoms. The standard InChI is InChI=1S/C13H13N5O2/c1-19-10-4-3-8(7-11(10)20-2)9-5-6-15-13-16-12(14)17-18(9)13/h3-7H,1-2H3,(H2,14,17). The first-order valence-electron chi connectivity index (χ1n) is 5.92. The second-order valence-corrected chi connectivity index (χ2v) is 4.08. The Hall–Kier alpha value is -2.83. The number of aromatic nitrogens is 4. The topological polar surface area (TPSA) is 87.6 Å². The fourth-order valence-electron chi connectivity index (χ4n) is 2.02. The molecule has 0 atom stereocenters. The average Bonchev–Trinajstić information content (AvgIpc) is 2.86. The highest BCUT2D eigenvalue weighted by molar-refractivity contribution is 5.65. The van der Waals surface area contributed by atoms with Crippen LogP contribution >= 0.6 is 0 Å². The zero-order chi connectivity index (χ0) is 14.1. The molecular weight excluding hydrogens is 258 g/mol. The van der Waals surface area contributed by atoms with Gasteiger partial charge in [-0.1, -0.05) is 0 Å². The molecule has 0 aliphatic rings. The highest BCUT2D eigenvalue weighted by Crippen LogP contribution is 2.32. The Morgan fingerprint density at radius 1 is 1.10 bits per heavy atom. The molecule has 0 spiro atoms. The highest BCUT2D eigenvalue weighted by atomic mass is 16.5. The molecule has 0 aliphatic heterocycles. The fourth-order valence-corrected chi connectivity index (χ4v) is 2.02. The number of hydrogen-bond donors (Lipinski definition) is 1. The third-order valence-corrected chi connectivity index (χ3v) is 2.94. The molecule has 2 N–H and O–H groups in total. The Morgan fingerprint density at radius 2 is 1.90 bits per heavy atom. The van der Waals surface area contributed by atoms with E-state index in [2.05, 4.69) is 15.1 Å². The molecule has 0 radical (unpaired) electrons. The second kappa shape index (κ2) is 4.69. The largest absolute Gasteiger partial charge is 0.493 e. The minimum Gasteiger partial charge on any atom is -0.493 e. The summed E-state index contributed by atoms with van der Waals surface area (Å²) in [5, 5.41) is 4.14. The number of nitrogens with two attached hydrogens (primary N) is 1.